The van der Waals surface area contributed by atoms with Crippen LogP contribution in [-0.4, -0.2) is 10.1 Å². The Kier molecular flexibility index (Phi) is 5.14. The van der Waals surface area contributed by atoms with Crippen molar-refractivity contribution >= 4 is 15.9 Å². The summed E-state index contributed by atoms with van der Waals surface area (Å²) in [7, 11) is 0. The van der Waals surface area contributed by atoms with E-state index in [4.69, 9.17) is 15.0 Å². The highest BCUT2D eigenvalue weighted by molar-refractivity contribution is 9.10. The van der Waals surface area contributed by atoms with Gasteiger partial charge in [0.1, 0.15) is 5.75 Å². The summed E-state index contributed by atoms with van der Waals surface area (Å²) in [5, 5.41) is 3.90. The average Bonchev–Trinajstić information content (AvgIpc) is 2.85. The van der Waals surface area contributed by atoms with E-state index in [1.165, 1.54) is 0 Å². The molecule has 0 fully saturated rings. The molecule has 5 nitrogen and oxygen atoms in total. The van der Waals surface area contributed by atoms with Gasteiger partial charge in [-0.2, -0.15) is 4.98 Å². The topological polar surface area (TPSA) is 74.2 Å². The summed E-state index contributed by atoms with van der Waals surface area (Å²) in [4.78, 5) is 4.27. The van der Waals surface area contributed by atoms with Crippen LogP contribution < -0.4 is 10.5 Å². The van der Waals surface area contributed by atoms with Crippen molar-refractivity contribution in [1.82, 2.24) is 10.1 Å². The maximum atomic E-state index is 5.79. The van der Waals surface area contributed by atoms with Crippen LogP contribution in [0.4, 0.5) is 0 Å². The molecule has 0 aliphatic rings. The van der Waals surface area contributed by atoms with Gasteiger partial charge >= 0.3 is 0 Å². The first-order valence-electron chi connectivity index (χ1n) is 6.57. The van der Waals surface area contributed by atoms with Gasteiger partial charge in [-0.05, 0) is 31.0 Å². The first-order chi connectivity index (χ1) is 9.63. The first kappa shape index (κ1) is 15.0. The van der Waals surface area contributed by atoms with E-state index in [2.05, 4.69) is 33.0 Å². The standard InChI is InChI=1S/C14H18BrN3O2/c1-3-4-12-17-13(20-18-12)8-19-14-9(2)5-11(15)6-10(14)7-16/h5-6H,3-4,7-8,16H2,1-2H3. The van der Waals surface area contributed by atoms with Crippen molar-refractivity contribution in [1.29, 1.82) is 0 Å². The summed E-state index contributed by atoms with van der Waals surface area (Å²) < 4.78 is 11.9. The van der Waals surface area contributed by atoms with Crippen LogP contribution in [0.2, 0.25) is 0 Å². The van der Waals surface area contributed by atoms with Crippen molar-refractivity contribution in [2.24, 2.45) is 5.73 Å². The smallest absolute Gasteiger partial charge is 0.264 e. The SMILES string of the molecule is CCCc1noc(COc2c(C)cc(Br)cc2CN)n1. The van der Waals surface area contributed by atoms with Gasteiger partial charge in [0.2, 0.25) is 0 Å². The van der Waals surface area contributed by atoms with Gasteiger partial charge in [-0.25, -0.2) is 0 Å². The highest BCUT2D eigenvalue weighted by Gasteiger charge is 2.11. The molecule has 0 aliphatic heterocycles. The number of hydrogen-bond acceptors (Lipinski definition) is 5. The number of aromatic nitrogens is 2. The maximum absolute atomic E-state index is 5.79. The largest absolute Gasteiger partial charge is 0.483 e. The van der Waals surface area contributed by atoms with E-state index in [-0.39, 0.29) is 6.61 Å². The molecule has 1 heterocycles. The summed E-state index contributed by atoms with van der Waals surface area (Å²) in [6.07, 6.45) is 1.80. The van der Waals surface area contributed by atoms with E-state index < -0.39 is 0 Å². The van der Waals surface area contributed by atoms with Gasteiger partial charge < -0.3 is 15.0 Å². The van der Waals surface area contributed by atoms with Gasteiger partial charge in [-0.3, -0.25) is 0 Å². The minimum atomic E-state index is 0.256. The Balaban J connectivity index is 2.10. The van der Waals surface area contributed by atoms with Gasteiger partial charge in [-0.1, -0.05) is 28.0 Å². The van der Waals surface area contributed by atoms with Crippen LogP contribution in [0.3, 0.4) is 0 Å². The first-order valence-corrected chi connectivity index (χ1v) is 7.36. The molecule has 2 rings (SSSR count). The summed E-state index contributed by atoms with van der Waals surface area (Å²) in [5.74, 6) is 1.99. The lowest BCUT2D eigenvalue weighted by molar-refractivity contribution is 0.239. The summed E-state index contributed by atoms with van der Waals surface area (Å²) in [6, 6.07) is 3.95. The Labute approximate surface area is 126 Å². The molecule has 6 heteroatoms. The van der Waals surface area contributed by atoms with Crippen LogP contribution >= 0.6 is 15.9 Å². The van der Waals surface area contributed by atoms with Crippen LogP contribution in [0, 0.1) is 6.92 Å². The molecule has 2 aromatic rings. The van der Waals surface area contributed by atoms with E-state index in [1.54, 1.807) is 0 Å². The number of rotatable bonds is 6. The van der Waals surface area contributed by atoms with E-state index in [1.807, 2.05) is 19.1 Å². The second kappa shape index (κ2) is 6.85. The number of nitrogens with zero attached hydrogens (tertiary/aromatic N) is 2. The zero-order valence-corrected chi connectivity index (χ0v) is 13.2. The summed E-state index contributed by atoms with van der Waals surface area (Å²) in [5.41, 5.74) is 7.72. The fourth-order valence-electron chi connectivity index (χ4n) is 1.97. The Morgan fingerprint density at radius 2 is 2.20 bits per heavy atom. The fraction of sp³-hybridized carbons (Fsp3) is 0.429. The number of halogens is 1. The molecule has 0 bridgehead atoms. The Morgan fingerprint density at radius 3 is 2.90 bits per heavy atom. The number of hydrogen-bond donors (Lipinski definition) is 1. The predicted octanol–water partition coefficient (Wildman–Crippen LogP) is 3.13. The molecule has 1 aromatic heterocycles. The highest BCUT2D eigenvalue weighted by atomic mass is 79.9. The van der Waals surface area contributed by atoms with Crippen molar-refractivity contribution in [2.45, 2.75) is 39.8 Å². The Morgan fingerprint density at radius 1 is 1.40 bits per heavy atom. The van der Waals surface area contributed by atoms with Gasteiger partial charge in [0.25, 0.3) is 5.89 Å². The van der Waals surface area contributed by atoms with Crippen LogP contribution in [0.1, 0.15) is 36.2 Å². The van der Waals surface area contributed by atoms with E-state index in [9.17, 15) is 0 Å². The van der Waals surface area contributed by atoms with Gasteiger partial charge in [0.15, 0.2) is 12.4 Å². The molecule has 108 valence electrons. The molecule has 2 N–H and O–H groups in total. The number of nitrogens with two attached hydrogens (primary N) is 1. The van der Waals surface area contributed by atoms with Gasteiger partial charge in [0.05, 0.1) is 0 Å². The fourth-order valence-corrected chi connectivity index (χ4v) is 2.58. The maximum Gasteiger partial charge on any atom is 0.264 e. The Bertz CT molecular complexity index is 584. The molecular formula is C14H18BrN3O2. The van der Waals surface area contributed by atoms with Crippen LogP contribution in [0.15, 0.2) is 21.1 Å². The second-order valence-corrected chi connectivity index (χ2v) is 5.47. The zero-order valence-electron chi connectivity index (χ0n) is 11.6. The third-order valence-electron chi connectivity index (χ3n) is 2.86. The number of aryl methyl sites for hydroxylation is 2. The number of benzene rings is 1. The highest BCUT2D eigenvalue weighted by Crippen LogP contribution is 2.28. The minimum Gasteiger partial charge on any atom is -0.483 e. The van der Waals surface area contributed by atoms with E-state index in [0.717, 1.165) is 40.0 Å². The van der Waals surface area contributed by atoms with Crippen LogP contribution in [0.25, 0.3) is 0 Å². The molecule has 0 aliphatic carbocycles. The monoisotopic (exact) mass is 339 g/mol. The lowest BCUT2D eigenvalue weighted by Gasteiger charge is -2.12. The van der Waals surface area contributed by atoms with Crippen LogP contribution in [-0.2, 0) is 19.6 Å². The van der Waals surface area contributed by atoms with Crippen molar-refractivity contribution in [3.63, 3.8) is 0 Å². The lowest BCUT2D eigenvalue weighted by atomic mass is 10.1. The number of ether oxygens (including phenoxy) is 1. The van der Waals surface area contributed by atoms with Crippen molar-refractivity contribution in [2.75, 3.05) is 0 Å². The third kappa shape index (κ3) is 3.58. The third-order valence-corrected chi connectivity index (χ3v) is 3.32. The molecule has 0 radical (unpaired) electrons. The van der Waals surface area contributed by atoms with Crippen LogP contribution in [0.5, 0.6) is 5.75 Å². The van der Waals surface area contributed by atoms with Crippen molar-refractivity contribution in [3.8, 4) is 5.75 Å². The normalized spacial score (nSPS) is 10.8. The molecule has 1 aromatic carbocycles. The van der Waals surface area contributed by atoms with Crippen molar-refractivity contribution in [3.05, 3.63) is 39.4 Å². The van der Waals surface area contributed by atoms with E-state index in [0.29, 0.717) is 12.4 Å². The van der Waals surface area contributed by atoms with Gasteiger partial charge in [0, 0.05) is 23.0 Å². The molecule has 0 saturated carbocycles. The quantitative estimate of drug-likeness (QED) is 0.874. The lowest BCUT2D eigenvalue weighted by Crippen LogP contribution is -2.05. The molecule has 0 atom stereocenters. The second-order valence-electron chi connectivity index (χ2n) is 4.56. The zero-order chi connectivity index (χ0) is 14.5. The Hall–Kier alpha value is -1.40. The van der Waals surface area contributed by atoms with Gasteiger partial charge in [-0.15, -0.1) is 0 Å². The molecule has 0 unspecified atom stereocenters. The average molecular weight is 340 g/mol. The van der Waals surface area contributed by atoms with E-state index >= 15 is 0 Å². The molecule has 20 heavy (non-hydrogen) atoms. The summed E-state index contributed by atoms with van der Waals surface area (Å²) in [6.45, 7) is 4.73. The van der Waals surface area contributed by atoms with Crippen molar-refractivity contribution < 1.29 is 9.26 Å². The minimum absolute atomic E-state index is 0.256. The molecule has 0 saturated heterocycles. The molecule has 0 spiro atoms. The molecular weight excluding hydrogens is 322 g/mol. The summed E-state index contributed by atoms with van der Waals surface area (Å²) >= 11 is 3.45. The molecule has 0 amide bonds. The predicted molar refractivity (Wildman–Crippen MR) is 79.4 cm³/mol.